The molecule has 1 atom stereocenters. The largest absolute Gasteiger partial charge is 0.321 e. The van der Waals surface area contributed by atoms with Gasteiger partial charge in [0.15, 0.2) is 15.5 Å². The number of hydrogen-bond acceptors (Lipinski definition) is 7. The van der Waals surface area contributed by atoms with Gasteiger partial charge in [-0.1, -0.05) is 6.07 Å². The number of nitrogens with zero attached hydrogens (tertiary/aromatic N) is 3. The van der Waals surface area contributed by atoms with Crippen LogP contribution in [-0.4, -0.2) is 49.0 Å². The number of carbonyl (C=O) groups is 1. The third-order valence-electron chi connectivity index (χ3n) is 5.87. The molecule has 34 heavy (non-hydrogen) atoms. The lowest BCUT2D eigenvalue weighted by molar-refractivity contribution is 0.102. The average molecular weight is 502 g/mol. The van der Waals surface area contributed by atoms with E-state index in [-0.39, 0.29) is 34.0 Å². The van der Waals surface area contributed by atoms with Crippen molar-refractivity contribution >= 4 is 37.3 Å². The Morgan fingerprint density at radius 1 is 1.06 bits per heavy atom. The van der Waals surface area contributed by atoms with E-state index in [1.165, 1.54) is 30.5 Å². The minimum absolute atomic E-state index is 0.0268. The van der Waals surface area contributed by atoms with Crippen LogP contribution in [0.5, 0.6) is 0 Å². The molecule has 1 saturated carbocycles. The van der Waals surface area contributed by atoms with Gasteiger partial charge in [-0.2, -0.15) is 5.10 Å². The van der Waals surface area contributed by atoms with Crippen LogP contribution in [0.3, 0.4) is 0 Å². The van der Waals surface area contributed by atoms with Crippen molar-refractivity contribution in [3.8, 4) is 0 Å². The van der Waals surface area contributed by atoms with Gasteiger partial charge >= 0.3 is 0 Å². The topological polar surface area (TPSA) is 140 Å². The fourth-order valence-corrected chi connectivity index (χ4v) is 6.70. The van der Waals surface area contributed by atoms with Crippen LogP contribution in [0.25, 0.3) is 0 Å². The number of benzene rings is 1. The van der Waals surface area contributed by atoms with Crippen molar-refractivity contribution in [2.75, 3.05) is 21.5 Å². The van der Waals surface area contributed by atoms with Crippen molar-refractivity contribution in [1.29, 1.82) is 0 Å². The molecule has 12 heteroatoms. The van der Waals surface area contributed by atoms with Crippen LogP contribution in [0.15, 0.2) is 59.6 Å². The molecule has 2 N–H and O–H groups in total. The third-order valence-corrected chi connectivity index (χ3v) is 8.99. The standard InChI is InChI=1S/C22H23N5O5S2/c28-22(19-13-20(15-4-5-15)27(25-19)17-10-12-33(29,30)14-17)24-16-6-8-18(9-7-16)34(31,32)26-21-3-1-2-11-23-21/h1-3,6-9,11,13,15,17H,4-5,10,12,14H2,(H,23,26)(H,24,28). The minimum atomic E-state index is -3.82. The van der Waals surface area contributed by atoms with Crippen molar-refractivity contribution in [2.24, 2.45) is 0 Å². The lowest BCUT2D eigenvalue weighted by Gasteiger charge is -2.12. The van der Waals surface area contributed by atoms with Crippen LogP contribution < -0.4 is 10.0 Å². The summed E-state index contributed by atoms with van der Waals surface area (Å²) in [6.07, 6.45) is 3.97. The first kappa shape index (κ1) is 22.5. The molecule has 1 aliphatic carbocycles. The highest BCUT2D eigenvalue weighted by molar-refractivity contribution is 7.92. The molecule has 1 amide bonds. The number of amides is 1. The predicted octanol–water partition coefficient (Wildman–Crippen LogP) is 2.57. The molecule has 1 saturated heterocycles. The maximum atomic E-state index is 12.8. The molecule has 1 unspecified atom stereocenters. The minimum Gasteiger partial charge on any atom is -0.321 e. The van der Waals surface area contributed by atoms with Gasteiger partial charge in [-0.05, 0) is 61.7 Å². The van der Waals surface area contributed by atoms with Crippen molar-refractivity contribution < 1.29 is 21.6 Å². The first-order valence-corrected chi connectivity index (χ1v) is 14.2. The third kappa shape index (κ3) is 4.82. The van der Waals surface area contributed by atoms with Gasteiger partial charge in [0, 0.05) is 23.5 Å². The van der Waals surface area contributed by atoms with Crippen LogP contribution in [0.4, 0.5) is 11.5 Å². The summed E-state index contributed by atoms with van der Waals surface area (Å²) in [6.45, 7) is 0. The summed E-state index contributed by atoms with van der Waals surface area (Å²) in [7, 11) is -6.91. The molecule has 0 spiro atoms. The van der Waals surface area contributed by atoms with Gasteiger partial charge in [0.1, 0.15) is 5.82 Å². The summed E-state index contributed by atoms with van der Waals surface area (Å²) in [5.74, 6) is 0.236. The Labute approximate surface area is 197 Å². The molecule has 3 aromatic rings. The highest BCUT2D eigenvalue weighted by Gasteiger charge is 2.36. The molecular formula is C22H23N5O5S2. The van der Waals surface area contributed by atoms with Crippen LogP contribution in [0, 0.1) is 0 Å². The van der Waals surface area contributed by atoms with E-state index in [0.29, 0.717) is 18.0 Å². The SMILES string of the molecule is O=C(Nc1ccc(S(=O)(=O)Nc2ccccn2)cc1)c1cc(C2CC2)n(C2CCS(=O)(=O)C2)n1. The number of anilines is 2. The van der Waals surface area contributed by atoms with Gasteiger partial charge in [-0.15, -0.1) is 0 Å². The summed E-state index contributed by atoms with van der Waals surface area (Å²) in [5.41, 5.74) is 1.52. The summed E-state index contributed by atoms with van der Waals surface area (Å²) in [4.78, 5) is 16.8. The van der Waals surface area contributed by atoms with Crippen molar-refractivity contribution in [3.05, 3.63) is 66.1 Å². The van der Waals surface area contributed by atoms with E-state index in [1.54, 1.807) is 28.9 Å². The zero-order valence-corrected chi connectivity index (χ0v) is 19.7. The Morgan fingerprint density at radius 3 is 2.44 bits per heavy atom. The van der Waals surface area contributed by atoms with Gasteiger partial charge in [-0.3, -0.25) is 14.2 Å². The molecule has 2 aliphatic rings. The Hall–Kier alpha value is -3.25. The molecule has 0 radical (unpaired) electrons. The summed E-state index contributed by atoms with van der Waals surface area (Å²) in [5, 5.41) is 7.18. The smallest absolute Gasteiger partial charge is 0.276 e. The number of nitrogens with one attached hydrogen (secondary N) is 2. The van der Waals surface area contributed by atoms with Gasteiger partial charge < -0.3 is 5.32 Å². The Balaban J connectivity index is 1.31. The monoisotopic (exact) mass is 501 g/mol. The zero-order valence-electron chi connectivity index (χ0n) is 18.1. The number of pyridine rings is 1. The summed E-state index contributed by atoms with van der Waals surface area (Å²) < 4.78 is 53.0. The summed E-state index contributed by atoms with van der Waals surface area (Å²) in [6, 6.07) is 12.1. The molecule has 2 aromatic heterocycles. The second-order valence-electron chi connectivity index (χ2n) is 8.53. The Kier molecular flexibility index (Phi) is 5.64. The molecule has 10 nitrogen and oxygen atoms in total. The van der Waals surface area contributed by atoms with E-state index in [2.05, 4.69) is 20.1 Å². The molecule has 1 aliphatic heterocycles. The molecule has 178 valence electrons. The lowest BCUT2D eigenvalue weighted by atomic mass is 10.2. The maximum Gasteiger partial charge on any atom is 0.276 e. The number of sulfonamides is 1. The van der Waals surface area contributed by atoms with Gasteiger partial charge in [0.05, 0.1) is 22.4 Å². The predicted molar refractivity (Wildman–Crippen MR) is 126 cm³/mol. The number of carbonyl (C=O) groups excluding carboxylic acids is 1. The van der Waals surface area contributed by atoms with E-state index >= 15 is 0 Å². The fraction of sp³-hybridized carbons (Fsp3) is 0.318. The van der Waals surface area contributed by atoms with Crippen LogP contribution in [0.1, 0.15) is 47.4 Å². The van der Waals surface area contributed by atoms with Crippen LogP contribution >= 0.6 is 0 Å². The quantitative estimate of drug-likeness (QED) is 0.507. The number of aromatic nitrogens is 3. The van der Waals surface area contributed by atoms with Crippen molar-refractivity contribution in [3.63, 3.8) is 0 Å². The van der Waals surface area contributed by atoms with E-state index in [4.69, 9.17) is 0 Å². The second kappa shape index (κ2) is 8.51. The van der Waals surface area contributed by atoms with E-state index in [0.717, 1.165) is 18.5 Å². The number of rotatable bonds is 7. The van der Waals surface area contributed by atoms with Crippen molar-refractivity contribution in [1.82, 2.24) is 14.8 Å². The number of sulfone groups is 1. The van der Waals surface area contributed by atoms with Crippen LogP contribution in [0.2, 0.25) is 0 Å². The number of hydrogen-bond donors (Lipinski definition) is 2. The normalized spacial score (nSPS) is 19.6. The molecule has 1 aromatic carbocycles. The van der Waals surface area contributed by atoms with Gasteiger partial charge in [0.2, 0.25) is 0 Å². The van der Waals surface area contributed by atoms with E-state index in [9.17, 15) is 21.6 Å². The Bertz CT molecular complexity index is 1430. The Morgan fingerprint density at radius 2 is 1.82 bits per heavy atom. The highest BCUT2D eigenvalue weighted by Crippen LogP contribution is 2.42. The molecule has 0 bridgehead atoms. The first-order valence-electron chi connectivity index (χ1n) is 10.9. The first-order chi connectivity index (χ1) is 16.2. The lowest BCUT2D eigenvalue weighted by Crippen LogP contribution is -2.17. The van der Waals surface area contributed by atoms with Gasteiger partial charge in [0.25, 0.3) is 15.9 Å². The molecule has 3 heterocycles. The molecular weight excluding hydrogens is 478 g/mol. The van der Waals surface area contributed by atoms with Gasteiger partial charge in [-0.25, -0.2) is 21.8 Å². The molecule has 2 fully saturated rings. The summed E-state index contributed by atoms with van der Waals surface area (Å²) >= 11 is 0. The maximum absolute atomic E-state index is 12.8. The van der Waals surface area contributed by atoms with E-state index in [1.807, 2.05) is 0 Å². The second-order valence-corrected chi connectivity index (χ2v) is 12.4. The van der Waals surface area contributed by atoms with Crippen LogP contribution in [-0.2, 0) is 19.9 Å². The molecule has 5 rings (SSSR count). The van der Waals surface area contributed by atoms with E-state index < -0.39 is 25.8 Å². The van der Waals surface area contributed by atoms with Crippen molar-refractivity contribution in [2.45, 2.75) is 36.1 Å². The fourth-order valence-electron chi connectivity index (χ4n) is 4.00. The highest BCUT2D eigenvalue weighted by atomic mass is 32.2. The average Bonchev–Trinajstić information content (AvgIpc) is 3.44. The zero-order chi connectivity index (χ0) is 23.9.